The molecule has 4 aromatic rings. The number of aromatic hydroxyl groups is 1. The predicted molar refractivity (Wildman–Crippen MR) is 179 cm³/mol. The smallest absolute Gasteiger partial charge is 0.330 e. The molecule has 0 fully saturated rings. The van der Waals surface area contributed by atoms with E-state index in [1.165, 1.54) is 12.1 Å². The van der Waals surface area contributed by atoms with Crippen molar-refractivity contribution in [1.82, 2.24) is 19.5 Å². The Balaban J connectivity index is 0.00000650. The number of aromatic nitrogens is 4. The lowest BCUT2D eigenvalue weighted by Gasteiger charge is -2.12. The van der Waals surface area contributed by atoms with Crippen LogP contribution in [-0.2, 0) is 35.0 Å². The van der Waals surface area contributed by atoms with Crippen LogP contribution in [0.3, 0.4) is 0 Å². The SMILES string of the molecule is CCn1c(O)c(C)c(C)c(N=Nc2cc(Nc3nc(Cl)nc(Nc4ccc(SOC(=O)CSOOO)cc4)n3)ccc2S(=O)(=O)O)c1=O.O. The number of pyridine rings is 1. The summed E-state index contributed by atoms with van der Waals surface area (Å²) in [6, 6.07) is 10.2. The second kappa shape index (κ2) is 17.3. The van der Waals surface area contributed by atoms with Crippen molar-refractivity contribution < 1.29 is 47.2 Å². The topological polar surface area (TPSA) is 281 Å². The van der Waals surface area contributed by atoms with Crippen LogP contribution in [0.2, 0.25) is 5.28 Å². The molecule has 0 saturated carbocycles. The second-order valence-corrected chi connectivity index (χ2v) is 12.5. The summed E-state index contributed by atoms with van der Waals surface area (Å²) in [5.74, 6) is -1.09. The predicted octanol–water partition coefficient (Wildman–Crippen LogP) is 4.97. The van der Waals surface area contributed by atoms with Gasteiger partial charge in [0.2, 0.25) is 17.2 Å². The first-order chi connectivity index (χ1) is 22.8. The van der Waals surface area contributed by atoms with Crippen molar-refractivity contribution in [3.8, 4) is 5.88 Å². The van der Waals surface area contributed by atoms with Crippen molar-refractivity contribution in [3.05, 3.63) is 69.2 Å². The van der Waals surface area contributed by atoms with Crippen LogP contribution in [0.15, 0.2) is 67.3 Å². The van der Waals surface area contributed by atoms with Crippen LogP contribution < -0.4 is 16.2 Å². The summed E-state index contributed by atoms with van der Waals surface area (Å²) in [6.45, 7) is 4.96. The molecule has 0 saturated heterocycles. The van der Waals surface area contributed by atoms with Crippen molar-refractivity contribution in [2.45, 2.75) is 37.1 Å². The number of nitrogens with one attached hydrogen (secondary N) is 2. The molecule has 2 aromatic heterocycles. The fourth-order valence-electron chi connectivity index (χ4n) is 3.86. The van der Waals surface area contributed by atoms with Gasteiger partial charge >= 0.3 is 5.97 Å². The number of halogens is 1. The minimum atomic E-state index is -4.76. The number of rotatable bonds is 14. The number of hydrogen-bond donors (Lipinski definition) is 5. The van der Waals surface area contributed by atoms with Crippen molar-refractivity contribution in [2.24, 2.45) is 10.2 Å². The van der Waals surface area contributed by atoms with Gasteiger partial charge < -0.3 is 25.4 Å². The van der Waals surface area contributed by atoms with Gasteiger partial charge in [0.15, 0.2) is 11.6 Å². The molecule has 0 aliphatic rings. The fraction of sp³-hybridized carbons (Fsp3) is 0.192. The van der Waals surface area contributed by atoms with Crippen molar-refractivity contribution in [1.29, 1.82) is 0 Å². The van der Waals surface area contributed by atoms with Crippen LogP contribution in [0.25, 0.3) is 0 Å². The summed E-state index contributed by atoms with van der Waals surface area (Å²) in [4.78, 5) is 36.9. The van der Waals surface area contributed by atoms with E-state index in [1.807, 2.05) is 0 Å². The van der Waals surface area contributed by atoms with E-state index in [4.69, 9.17) is 21.0 Å². The van der Waals surface area contributed by atoms with Crippen molar-refractivity contribution in [2.75, 3.05) is 16.4 Å². The summed E-state index contributed by atoms with van der Waals surface area (Å²) < 4.78 is 44.2. The monoisotopic (exact) mass is 758 g/mol. The van der Waals surface area contributed by atoms with E-state index in [9.17, 15) is 27.7 Å². The zero-order valence-corrected chi connectivity index (χ0v) is 28.6. The zero-order chi connectivity index (χ0) is 35.0. The first-order valence-electron chi connectivity index (χ1n) is 13.3. The Morgan fingerprint density at radius 1 is 1.02 bits per heavy atom. The summed E-state index contributed by atoms with van der Waals surface area (Å²) in [6.07, 6.45) is 0. The highest BCUT2D eigenvalue weighted by atomic mass is 35.5. The van der Waals surface area contributed by atoms with Gasteiger partial charge in [-0.1, -0.05) is 5.04 Å². The van der Waals surface area contributed by atoms with Crippen LogP contribution in [0.4, 0.5) is 34.6 Å². The molecule has 0 aliphatic heterocycles. The highest BCUT2D eigenvalue weighted by molar-refractivity contribution is 7.96. The van der Waals surface area contributed by atoms with E-state index in [1.54, 1.807) is 45.0 Å². The molecule has 2 aromatic carbocycles. The Hall–Kier alpha value is -4.39. The maximum Gasteiger partial charge on any atom is 0.330 e. The molecule has 0 unspecified atom stereocenters. The van der Waals surface area contributed by atoms with E-state index in [0.717, 1.165) is 22.7 Å². The molecular formula is C26H27ClN8O11S3. The molecule has 0 amide bonds. The minimum Gasteiger partial charge on any atom is -0.494 e. The molecule has 0 radical (unpaired) electrons. The molecule has 2 heterocycles. The third kappa shape index (κ3) is 10.3. The third-order valence-electron chi connectivity index (χ3n) is 6.23. The fourth-order valence-corrected chi connectivity index (χ4v) is 5.45. The molecule has 0 bridgehead atoms. The van der Waals surface area contributed by atoms with E-state index in [2.05, 4.69) is 45.2 Å². The third-order valence-corrected chi connectivity index (χ3v) is 8.54. The first kappa shape index (κ1) is 39.1. The minimum absolute atomic E-state index is 0. The lowest BCUT2D eigenvalue weighted by molar-refractivity contribution is -0.432. The summed E-state index contributed by atoms with van der Waals surface area (Å²) in [7, 11) is -4.76. The summed E-state index contributed by atoms with van der Waals surface area (Å²) in [5.41, 5.74) is 0.379. The van der Waals surface area contributed by atoms with Crippen LogP contribution in [-0.4, -0.2) is 60.1 Å². The molecule has 23 heteroatoms. The second-order valence-electron chi connectivity index (χ2n) is 9.30. The Morgan fingerprint density at radius 2 is 1.65 bits per heavy atom. The maximum absolute atomic E-state index is 12.9. The number of carbonyl (C=O) groups is 1. The van der Waals surface area contributed by atoms with Crippen molar-refractivity contribution >= 4 is 86.4 Å². The summed E-state index contributed by atoms with van der Waals surface area (Å²) in [5, 5.41) is 35.3. The number of nitrogens with zero attached hydrogens (tertiary/aromatic N) is 6. The van der Waals surface area contributed by atoms with Crippen LogP contribution in [0, 0.1) is 13.8 Å². The molecular weight excluding hydrogens is 732 g/mol. The summed E-state index contributed by atoms with van der Waals surface area (Å²) >= 11 is 7.46. The molecule has 19 nitrogen and oxygen atoms in total. The first-order valence-corrected chi connectivity index (χ1v) is 16.8. The zero-order valence-electron chi connectivity index (χ0n) is 25.4. The van der Waals surface area contributed by atoms with Gasteiger partial charge in [0.1, 0.15) is 16.3 Å². The lowest BCUT2D eigenvalue weighted by Crippen LogP contribution is -2.20. The maximum atomic E-state index is 12.9. The number of benzene rings is 2. The Morgan fingerprint density at radius 3 is 2.27 bits per heavy atom. The van der Waals surface area contributed by atoms with Gasteiger partial charge in [-0.2, -0.15) is 23.4 Å². The average Bonchev–Trinajstić information content (AvgIpc) is 3.03. The highest BCUT2D eigenvalue weighted by Crippen LogP contribution is 2.32. The van der Waals surface area contributed by atoms with Gasteiger partial charge in [0, 0.05) is 40.4 Å². The molecule has 0 atom stereocenters. The van der Waals surface area contributed by atoms with Crippen LogP contribution in [0.5, 0.6) is 5.88 Å². The van der Waals surface area contributed by atoms with Gasteiger partial charge in [-0.15, -0.1) is 14.6 Å². The number of hydrogen-bond acceptors (Lipinski definition) is 18. The van der Waals surface area contributed by atoms with Gasteiger partial charge in [0.25, 0.3) is 15.7 Å². The molecule has 49 heavy (non-hydrogen) atoms. The highest BCUT2D eigenvalue weighted by Gasteiger charge is 2.19. The van der Waals surface area contributed by atoms with E-state index in [0.29, 0.717) is 33.8 Å². The number of carbonyl (C=O) groups excluding carboxylic acids is 1. The van der Waals surface area contributed by atoms with Gasteiger partial charge in [0.05, 0.1) is 12.0 Å². The normalized spacial score (nSPS) is 11.3. The Kier molecular flexibility index (Phi) is 13.8. The lowest BCUT2D eigenvalue weighted by atomic mass is 10.1. The van der Waals surface area contributed by atoms with E-state index in [-0.39, 0.29) is 57.9 Å². The van der Waals surface area contributed by atoms with Gasteiger partial charge in [-0.3, -0.25) is 18.7 Å². The largest absolute Gasteiger partial charge is 0.494 e. The van der Waals surface area contributed by atoms with Crippen LogP contribution >= 0.6 is 35.7 Å². The quantitative estimate of drug-likeness (QED) is 0.0283. The molecule has 7 N–H and O–H groups in total. The van der Waals surface area contributed by atoms with E-state index >= 15 is 0 Å². The number of azo groups is 1. The van der Waals surface area contributed by atoms with Gasteiger partial charge in [-0.25, -0.2) is 5.26 Å². The van der Waals surface area contributed by atoms with Gasteiger partial charge in [-0.05, 0) is 80.4 Å². The van der Waals surface area contributed by atoms with E-state index < -0.39 is 26.5 Å². The Bertz CT molecular complexity index is 2020. The molecule has 4 rings (SSSR count). The Labute approximate surface area is 291 Å². The molecule has 0 aliphatic carbocycles. The standard InChI is InChI=1S/C26H25ClN8O10S3.H2O/c1-4-35-22(37)14(3)13(2)21(23(35)38)34-33-18-11-16(7-10-19(18)48(40,41)42)29-26-31-24(27)30-25(32-26)28-15-5-8-17(9-6-15)47-43-20(36)12-46-45-44-39;/h5-11,37,39H,4,12H2,1-3H3,(H,40,41,42)(H2,28,29,30,31,32);1H2. The molecule has 0 spiro atoms. The number of anilines is 4. The molecule has 262 valence electrons. The average molecular weight is 759 g/mol. The van der Waals surface area contributed by atoms with Crippen molar-refractivity contribution in [3.63, 3.8) is 0 Å². The van der Waals surface area contributed by atoms with Crippen LogP contribution in [0.1, 0.15) is 18.1 Å².